The number of hydrogen-bond acceptors (Lipinski definition) is 1. The highest BCUT2D eigenvalue weighted by Gasteiger charge is 1.99. The number of hydrogen-bond donors (Lipinski definition) is 1. The lowest BCUT2D eigenvalue weighted by molar-refractivity contribution is 0.531. The summed E-state index contributed by atoms with van der Waals surface area (Å²) in [6, 6.07) is 8.52. The summed E-state index contributed by atoms with van der Waals surface area (Å²) in [4.78, 5) is 0. The first kappa shape index (κ1) is 13.5. The molecule has 1 aromatic carbocycles. The number of rotatable bonds is 7. The molecule has 0 saturated heterocycles. The van der Waals surface area contributed by atoms with Crippen molar-refractivity contribution in [2.24, 2.45) is 5.92 Å². The van der Waals surface area contributed by atoms with E-state index in [1.54, 1.807) is 0 Å². The van der Waals surface area contributed by atoms with Crippen molar-refractivity contribution >= 4 is 11.6 Å². The summed E-state index contributed by atoms with van der Waals surface area (Å²) in [5.74, 6) is 1.42. The van der Waals surface area contributed by atoms with Gasteiger partial charge in [-0.15, -0.1) is 11.6 Å². The van der Waals surface area contributed by atoms with Gasteiger partial charge in [0, 0.05) is 12.4 Å². The SMILES string of the molecule is Cc1ccccc1CNCCCC(C)CCl. The summed E-state index contributed by atoms with van der Waals surface area (Å²) in [6.07, 6.45) is 2.42. The highest BCUT2D eigenvalue weighted by molar-refractivity contribution is 6.18. The van der Waals surface area contributed by atoms with Crippen LogP contribution in [0.2, 0.25) is 0 Å². The van der Waals surface area contributed by atoms with Gasteiger partial charge in [0.2, 0.25) is 0 Å². The van der Waals surface area contributed by atoms with Gasteiger partial charge in [0.15, 0.2) is 0 Å². The Kier molecular flexibility index (Phi) is 6.51. The van der Waals surface area contributed by atoms with E-state index >= 15 is 0 Å². The Balaban J connectivity index is 2.14. The van der Waals surface area contributed by atoms with Gasteiger partial charge < -0.3 is 5.32 Å². The molecule has 1 rings (SSSR count). The molecule has 0 aliphatic rings. The number of halogens is 1. The molecule has 0 aromatic heterocycles. The molecule has 0 bridgehead atoms. The standard InChI is InChI=1S/C14H22ClN/c1-12(10-15)6-5-9-16-11-14-8-4-3-7-13(14)2/h3-4,7-8,12,16H,5-6,9-11H2,1-2H3. The fraction of sp³-hybridized carbons (Fsp3) is 0.571. The summed E-state index contributed by atoms with van der Waals surface area (Å²) >= 11 is 5.76. The summed E-state index contributed by atoms with van der Waals surface area (Å²) < 4.78 is 0. The van der Waals surface area contributed by atoms with Crippen molar-refractivity contribution in [1.29, 1.82) is 0 Å². The molecule has 0 heterocycles. The molecule has 1 nitrogen and oxygen atoms in total. The summed E-state index contributed by atoms with van der Waals surface area (Å²) in [5, 5.41) is 3.48. The minimum atomic E-state index is 0.641. The van der Waals surface area contributed by atoms with Crippen LogP contribution >= 0.6 is 11.6 Å². The highest BCUT2D eigenvalue weighted by Crippen LogP contribution is 2.08. The van der Waals surface area contributed by atoms with Crippen LogP contribution in [0.4, 0.5) is 0 Å². The fourth-order valence-corrected chi connectivity index (χ4v) is 1.84. The normalized spacial score (nSPS) is 12.7. The van der Waals surface area contributed by atoms with Crippen LogP contribution in [-0.2, 0) is 6.54 Å². The third-order valence-corrected chi connectivity index (χ3v) is 3.42. The van der Waals surface area contributed by atoms with E-state index in [4.69, 9.17) is 11.6 Å². The van der Waals surface area contributed by atoms with Gasteiger partial charge >= 0.3 is 0 Å². The van der Waals surface area contributed by atoms with Crippen LogP contribution in [-0.4, -0.2) is 12.4 Å². The lowest BCUT2D eigenvalue weighted by atomic mass is 10.1. The summed E-state index contributed by atoms with van der Waals surface area (Å²) in [7, 11) is 0. The van der Waals surface area contributed by atoms with Crippen LogP contribution in [0.3, 0.4) is 0 Å². The van der Waals surface area contributed by atoms with Gasteiger partial charge in [-0.3, -0.25) is 0 Å². The van der Waals surface area contributed by atoms with E-state index < -0.39 is 0 Å². The zero-order valence-corrected chi connectivity index (χ0v) is 11.1. The van der Waals surface area contributed by atoms with E-state index in [0.29, 0.717) is 5.92 Å². The molecule has 0 radical (unpaired) electrons. The van der Waals surface area contributed by atoms with Gasteiger partial charge in [-0.1, -0.05) is 31.2 Å². The monoisotopic (exact) mass is 239 g/mol. The lowest BCUT2D eigenvalue weighted by Crippen LogP contribution is -2.16. The van der Waals surface area contributed by atoms with E-state index in [-0.39, 0.29) is 0 Å². The quantitative estimate of drug-likeness (QED) is 0.565. The Morgan fingerprint density at radius 2 is 2.06 bits per heavy atom. The zero-order chi connectivity index (χ0) is 11.8. The first-order chi connectivity index (χ1) is 7.74. The Bertz CT molecular complexity index is 299. The predicted molar refractivity (Wildman–Crippen MR) is 72.0 cm³/mol. The van der Waals surface area contributed by atoms with Crippen molar-refractivity contribution < 1.29 is 0 Å². The molecule has 90 valence electrons. The first-order valence-electron chi connectivity index (χ1n) is 6.05. The summed E-state index contributed by atoms with van der Waals surface area (Å²) in [6.45, 7) is 6.42. The van der Waals surface area contributed by atoms with E-state index in [1.807, 2.05) is 0 Å². The molecule has 0 fully saturated rings. The van der Waals surface area contributed by atoms with Crippen LogP contribution in [0.15, 0.2) is 24.3 Å². The van der Waals surface area contributed by atoms with Gasteiger partial charge in [-0.25, -0.2) is 0 Å². The molecule has 1 N–H and O–H groups in total. The third kappa shape index (κ3) is 5.00. The van der Waals surface area contributed by atoms with Crippen molar-refractivity contribution in [2.75, 3.05) is 12.4 Å². The number of aryl methyl sites for hydroxylation is 1. The molecule has 0 aliphatic heterocycles. The molecule has 1 aromatic rings. The van der Waals surface area contributed by atoms with Crippen molar-refractivity contribution in [1.82, 2.24) is 5.32 Å². The Morgan fingerprint density at radius 1 is 1.31 bits per heavy atom. The lowest BCUT2D eigenvalue weighted by Gasteiger charge is -2.09. The second kappa shape index (κ2) is 7.70. The maximum Gasteiger partial charge on any atom is 0.0249 e. The maximum absolute atomic E-state index is 5.76. The first-order valence-corrected chi connectivity index (χ1v) is 6.58. The van der Waals surface area contributed by atoms with Gasteiger partial charge in [0.25, 0.3) is 0 Å². The van der Waals surface area contributed by atoms with Gasteiger partial charge in [0.1, 0.15) is 0 Å². The molecule has 16 heavy (non-hydrogen) atoms. The Hall–Kier alpha value is -0.530. The molecule has 0 amide bonds. The molecular formula is C14H22ClN. The van der Waals surface area contributed by atoms with Gasteiger partial charge in [-0.05, 0) is 43.4 Å². The zero-order valence-electron chi connectivity index (χ0n) is 10.3. The van der Waals surface area contributed by atoms with Crippen molar-refractivity contribution in [3.63, 3.8) is 0 Å². The van der Waals surface area contributed by atoms with E-state index in [9.17, 15) is 0 Å². The number of benzene rings is 1. The highest BCUT2D eigenvalue weighted by atomic mass is 35.5. The topological polar surface area (TPSA) is 12.0 Å². The predicted octanol–water partition coefficient (Wildman–Crippen LogP) is 3.74. The van der Waals surface area contributed by atoms with E-state index in [1.165, 1.54) is 24.0 Å². The van der Waals surface area contributed by atoms with Gasteiger partial charge in [0.05, 0.1) is 0 Å². The molecule has 0 saturated carbocycles. The van der Waals surface area contributed by atoms with Crippen LogP contribution in [0.5, 0.6) is 0 Å². The largest absolute Gasteiger partial charge is 0.313 e. The van der Waals surface area contributed by atoms with E-state index in [0.717, 1.165) is 19.0 Å². The second-order valence-electron chi connectivity index (χ2n) is 4.50. The van der Waals surface area contributed by atoms with Crippen molar-refractivity contribution in [3.8, 4) is 0 Å². The average molecular weight is 240 g/mol. The van der Waals surface area contributed by atoms with Gasteiger partial charge in [-0.2, -0.15) is 0 Å². The molecule has 2 heteroatoms. The number of nitrogens with one attached hydrogen (secondary N) is 1. The van der Waals surface area contributed by atoms with Crippen molar-refractivity contribution in [2.45, 2.75) is 33.2 Å². The second-order valence-corrected chi connectivity index (χ2v) is 4.81. The fourth-order valence-electron chi connectivity index (χ4n) is 1.68. The third-order valence-electron chi connectivity index (χ3n) is 2.89. The smallest absolute Gasteiger partial charge is 0.0249 e. The van der Waals surface area contributed by atoms with Crippen molar-refractivity contribution in [3.05, 3.63) is 35.4 Å². The average Bonchev–Trinajstić information content (AvgIpc) is 2.30. The molecular weight excluding hydrogens is 218 g/mol. The maximum atomic E-state index is 5.76. The Morgan fingerprint density at radius 3 is 2.75 bits per heavy atom. The molecule has 1 atom stereocenters. The molecule has 1 unspecified atom stereocenters. The van der Waals surface area contributed by atoms with Crippen LogP contribution < -0.4 is 5.32 Å². The Labute approximate surface area is 104 Å². The molecule has 0 spiro atoms. The number of alkyl halides is 1. The van der Waals surface area contributed by atoms with Crippen LogP contribution in [0.25, 0.3) is 0 Å². The minimum absolute atomic E-state index is 0.641. The molecule has 0 aliphatic carbocycles. The van der Waals surface area contributed by atoms with Crippen LogP contribution in [0, 0.1) is 12.8 Å². The van der Waals surface area contributed by atoms with E-state index in [2.05, 4.69) is 43.4 Å². The minimum Gasteiger partial charge on any atom is -0.313 e. The summed E-state index contributed by atoms with van der Waals surface area (Å²) in [5.41, 5.74) is 2.76. The van der Waals surface area contributed by atoms with Crippen LogP contribution in [0.1, 0.15) is 30.9 Å².